The third kappa shape index (κ3) is 2.99. The zero-order valence-electron chi connectivity index (χ0n) is 17.2. The maximum atomic E-state index is 13.9. The van der Waals surface area contributed by atoms with Crippen LogP contribution in [0, 0.1) is 19.7 Å². The van der Waals surface area contributed by atoms with Crippen molar-refractivity contribution in [3.05, 3.63) is 91.5 Å². The molecule has 1 aliphatic heterocycles. The molecule has 0 saturated heterocycles. The average Bonchev–Trinajstić information content (AvgIpc) is 3.25. The largest absolute Gasteiger partial charge is 0.450 e. The number of benzene rings is 2. The minimum Gasteiger partial charge on any atom is -0.450 e. The molecule has 156 valence electrons. The van der Waals surface area contributed by atoms with Crippen molar-refractivity contribution >= 4 is 33.3 Å². The standard InChI is InChI=1S/C24H19FN2O3S/c1-4-14-5-7-15(8-6-14)20-19-21(28)17-11-16(25)9-10-18(17)30-22(19)23(29)27(20)24-26-12(2)13(3)31-24/h5-11,20H,4H2,1-3H3. The maximum Gasteiger partial charge on any atom is 0.297 e. The van der Waals surface area contributed by atoms with Crippen LogP contribution in [0.3, 0.4) is 0 Å². The lowest BCUT2D eigenvalue weighted by Crippen LogP contribution is -2.29. The van der Waals surface area contributed by atoms with Gasteiger partial charge in [-0.1, -0.05) is 31.2 Å². The van der Waals surface area contributed by atoms with Gasteiger partial charge < -0.3 is 4.42 Å². The second kappa shape index (κ2) is 7.13. The molecule has 2 aromatic carbocycles. The zero-order chi connectivity index (χ0) is 21.9. The lowest BCUT2D eigenvalue weighted by molar-refractivity contribution is 0.0971. The van der Waals surface area contributed by atoms with Crippen LogP contribution in [0.15, 0.2) is 51.7 Å². The number of rotatable bonds is 3. The third-order valence-corrected chi connectivity index (χ3v) is 6.83. The highest BCUT2D eigenvalue weighted by Gasteiger charge is 2.45. The van der Waals surface area contributed by atoms with E-state index < -0.39 is 23.2 Å². The number of carbonyl (C=O) groups excluding carboxylic acids is 1. The SMILES string of the molecule is CCc1ccc(C2c3c(oc4ccc(F)cc4c3=O)C(=O)N2c2nc(C)c(C)s2)cc1. The molecule has 4 aromatic rings. The van der Waals surface area contributed by atoms with E-state index in [-0.39, 0.29) is 22.3 Å². The number of halogens is 1. The van der Waals surface area contributed by atoms with Crippen molar-refractivity contribution in [3.8, 4) is 0 Å². The van der Waals surface area contributed by atoms with Crippen molar-refractivity contribution in [1.29, 1.82) is 0 Å². The van der Waals surface area contributed by atoms with E-state index in [1.807, 2.05) is 38.1 Å². The Bertz CT molecular complexity index is 1390. The average molecular weight is 434 g/mol. The van der Waals surface area contributed by atoms with Crippen LogP contribution in [-0.2, 0) is 6.42 Å². The van der Waals surface area contributed by atoms with Crippen LogP contribution < -0.4 is 10.3 Å². The first kappa shape index (κ1) is 19.6. The van der Waals surface area contributed by atoms with E-state index in [2.05, 4.69) is 11.9 Å². The Labute approximate surface area is 181 Å². The lowest BCUT2D eigenvalue weighted by Gasteiger charge is -2.22. The fraction of sp³-hybridized carbons (Fsp3) is 0.208. The van der Waals surface area contributed by atoms with Crippen LogP contribution in [0.1, 0.15) is 50.8 Å². The Morgan fingerprint density at radius 1 is 1.13 bits per heavy atom. The Morgan fingerprint density at radius 3 is 2.52 bits per heavy atom. The fourth-order valence-corrected chi connectivity index (χ4v) is 4.89. The molecule has 0 spiro atoms. The molecule has 0 N–H and O–H groups in total. The number of hydrogen-bond acceptors (Lipinski definition) is 5. The molecule has 3 heterocycles. The number of aromatic nitrogens is 1. The van der Waals surface area contributed by atoms with Gasteiger partial charge in [-0.15, -0.1) is 11.3 Å². The van der Waals surface area contributed by atoms with Crippen LogP contribution in [0.5, 0.6) is 0 Å². The molecule has 0 fully saturated rings. The fourth-order valence-electron chi connectivity index (χ4n) is 3.95. The quantitative estimate of drug-likeness (QED) is 0.438. The summed E-state index contributed by atoms with van der Waals surface area (Å²) in [6.45, 7) is 5.89. The molecule has 5 nitrogen and oxygen atoms in total. The summed E-state index contributed by atoms with van der Waals surface area (Å²) in [5.74, 6) is -0.966. The summed E-state index contributed by atoms with van der Waals surface area (Å²) < 4.78 is 19.7. The first-order valence-electron chi connectivity index (χ1n) is 10.0. The molecular formula is C24H19FN2O3S. The predicted octanol–water partition coefficient (Wildman–Crippen LogP) is 5.32. The van der Waals surface area contributed by atoms with Gasteiger partial charge in [-0.2, -0.15) is 0 Å². The highest BCUT2D eigenvalue weighted by Crippen LogP contribution is 2.43. The summed E-state index contributed by atoms with van der Waals surface area (Å²) in [6, 6.07) is 10.9. The van der Waals surface area contributed by atoms with Gasteiger partial charge in [-0.3, -0.25) is 14.5 Å². The van der Waals surface area contributed by atoms with E-state index in [9.17, 15) is 14.0 Å². The number of aryl methyl sites for hydroxylation is 3. The molecule has 0 radical (unpaired) electrons. The first-order chi connectivity index (χ1) is 14.9. The summed E-state index contributed by atoms with van der Waals surface area (Å²) in [4.78, 5) is 34.0. The van der Waals surface area contributed by atoms with Crippen molar-refractivity contribution in [2.45, 2.75) is 33.2 Å². The van der Waals surface area contributed by atoms with Crippen LogP contribution in [0.2, 0.25) is 0 Å². The smallest absolute Gasteiger partial charge is 0.297 e. The Morgan fingerprint density at radius 2 is 1.87 bits per heavy atom. The Balaban J connectivity index is 1.80. The number of thiazole rings is 1. The van der Waals surface area contributed by atoms with Gasteiger partial charge >= 0.3 is 0 Å². The van der Waals surface area contributed by atoms with Gasteiger partial charge in [0.25, 0.3) is 5.91 Å². The maximum absolute atomic E-state index is 13.9. The van der Waals surface area contributed by atoms with E-state index in [1.165, 1.54) is 28.4 Å². The van der Waals surface area contributed by atoms with Gasteiger partial charge in [0.05, 0.1) is 22.7 Å². The first-order valence-corrected chi connectivity index (χ1v) is 10.8. The van der Waals surface area contributed by atoms with Crippen molar-refractivity contribution < 1.29 is 13.6 Å². The minimum absolute atomic E-state index is 0.0146. The Kier molecular flexibility index (Phi) is 4.51. The molecule has 1 amide bonds. The number of amides is 1. The Hall–Kier alpha value is -3.32. The normalized spacial score (nSPS) is 15.7. The summed E-state index contributed by atoms with van der Waals surface area (Å²) in [5.41, 5.74) is 2.76. The van der Waals surface area contributed by atoms with Crippen LogP contribution in [0.4, 0.5) is 9.52 Å². The highest BCUT2D eigenvalue weighted by atomic mass is 32.1. The van der Waals surface area contributed by atoms with E-state index in [4.69, 9.17) is 4.42 Å². The lowest BCUT2D eigenvalue weighted by atomic mass is 9.97. The second-order valence-electron chi connectivity index (χ2n) is 7.63. The van der Waals surface area contributed by atoms with Crippen molar-refractivity contribution in [3.63, 3.8) is 0 Å². The van der Waals surface area contributed by atoms with Gasteiger partial charge in [0, 0.05) is 4.88 Å². The second-order valence-corrected chi connectivity index (χ2v) is 8.81. The van der Waals surface area contributed by atoms with Crippen molar-refractivity contribution in [1.82, 2.24) is 4.98 Å². The molecule has 0 bridgehead atoms. The summed E-state index contributed by atoms with van der Waals surface area (Å²) >= 11 is 1.39. The van der Waals surface area contributed by atoms with Gasteiger partial charge in [0.2, 0.25) is 5.76 Å². The summed E-state index contributed by atoms with van der Waals surface area (Å²) in [6.07, 6.45) is 0.876. The zero-order valence-corrected chi connectivity index (χ0v) is 18.0. The summed E-state index contributed by atoms with van der Waals surface area (Å²) in [5, 5.41) is 0.626. The molecule has 2 aromatic heterocycles. The molecule has 7 heteroatoms. The number of hydrogen-bond donors (Lipinski definition) is 0. The van der Waals surface area contributed by atoms with Crippen molar-refractivity contribution in [2.75, 3.05) is 4.90 Å². The number of carbonyl (C=O) groups is 1. The van der Waals surface area contributed by atoms with Gasteiger partial charge in [0.15, 0.2) is 10.6 Å². The number of nitrogens with zero attached hydrogens (tertiary/aromatic N) is 2. The van der Waals surface area contributed by atoms with E-state index in [0.29, 0.717) is 5.13 Å². The molecule has 5 rings (SSSR count). The minimum atomic E-state index is -0.692. The molecule has 1 unspecified atom stereocenters. The van der Waals surface area contributed by atoms with E-state index in [0.717, 1.165) is 34.2 Å². The number of anilines is 1. The van der Waals surface area contributed by atoms with Crippen LogP contribution >= 0.6 is 11.3 Å². The van der Waals surface area contributed by atoms with Crippen LogP contribution in [-0.4, -0.2) is 10.9 Å². The topological polar surface area (TPSA) is 63.4 Å². The highest BCUT2D eigenvalue weighted by molar-refractivity contribution is 7.15. The van der Waals surface area contributed by atoms with Gasteiger partial charge in [0.1, 0.15) is 11.4 Å². The monoisotopic (exact) mass is 434 g/mol. The number of fused-ring (bicyclic) bond motifs is 2. The molecule has 31 heavy (non-hydrogen) atoms. The van der Waals surface area contributed by atoms with E-state index >= 15 is 0 Å². The molecule has 1 aliphatic rings. The van der Waals surface area contributed by atoms with Gasteiger partial charge in [-0.25, -0.2) is 9.37 Å². The molecule has 0 aliphatic carbocycles. The molecule has 0 saturated carbocycles. The van der Waals surface area contributed by atoms with Crippen LogP contribution in [0.25, 0.3) is 11.0 Å². The third-order valence-electron chi connectivity index (χ3n) is 5.76. The molecule has 1 atom stereocenters. The van der Waals surface area contributed by atoms with Crippen molar-refractivity contribution in [2.24, 2.45) is 0 Å². The van der Waals surface area contributed by atoms with E-state index in [1.54, 1.807) is 0 Å². The predicted molar refractivity (Wildman–Crippen MR) is 119 cm³/mol. The summed E-state index contributed by atoms with van der Waals surface area (Å²) in [7, 11) is 0. The molecular weight excluding hydrogens is 415 g/mol. The van der Waals surface area contributed by atoms with Gasteiger partial charge in [-0.05, 0) is 49.6 Å².